The number of esters is 2. The number of likely N-dealkylation sites (N-methyl/N-ethyl adjacent to an activating group) is 1. The number of amides is 1. The number of carbonyl (C=O) groups excluding carboxylic acids is 4. The molecule has 0 aliphatic rings. The number of rotatable bonds is 5. The van der Waals surface area contributed by atoms with Crippen molar-refractivity contribution in [2.45, 2.75) is 0 Å². The van der Waals surface area contributed by atoms with Crippen molar-refractivity contribution in [2.24, 2.45) is 0 Å². The van der Waals surface area contributed by atoms with Crippen LogP contribution < -0.4 is 5.32 Å². The van der Waals surface area contributed by atoms with Gasteiger partial charge in [0.2, 0.25) is 0 Å². The molecule has 0 saturated heterocycles. The standard InChI is InChI=1S/C9H11NO6/c1-10-9(14)6(11)5-16-8(13)4-3-7(12)15-2/h3-4H,5H2,1-2H3,(H,10,14)/b4-3+. The molecule has 0 bridgehead atoms. The molecule has 7 nitrogen and oxygen atoms in total. The molecule has 1 amide bonds. The van der Waals surface area contributed by atoms with Crippen molar-refractivity contribution in [3.63, 3.8) is 0 Å². The monoisotopic (exact) mass is 229 g/mol. The van der Waals surface area contributed by atoms with Gasteiger partial charge in [0.15, 0.2) is 6.61 Å². The average Bonchev–Trinajstić information content (AvgIpc) is 2.31. The highest BCUT2D eigenvalue weighted by molar-refractivity contribution is 6.36. The van der Waals surface area contributed by atoms with E-state index in [0.29, 0.717) is 0 Å². The zero-order valence-electron chi connectivity index (χ0n) is 8.81. The lowest BCUT2D eigenvalue weighted by molar-refractivity contribution is -0.147. The minimum atomic E-state index is -0.914. The molecule has 0 rings (SSSR count). The van der Waals surface area contributed by atoms with E-state index in [1.54, 1.807) is 0 Å². The third kappa shape index (κ3) is 5.53. The Balaban J connectivity index is 3.99. The van der Waals surface area contributed by atoms with Gasteiger partial charge in [-0.3, -0.25) is 9.59 Å². The quantitative estimate of drug-likeness (QED) is 0.352. The smallest absolute Gasteiger partial charge is 0.331 e. The maximum Gasteiger partial charge on any atom is 0.331 e. The summed E-state index contributed by atoms with van der Waals surface area (Å²) >= 11 is 0. The fourth-order valence-corrected chi connectivity index (χ4v) is 0.594. The van der Waals surface area contributed by atoms with Crippen LogP contribution in [-0.4, -0.2) is 44.4 Å². The first-order valence-electron chi connectivity index (χ1n) is 4.19. The van der Waals surface area contributed by atoms with Gasteiger partial charge in [0.25, 0.3) is 11.7 Å². The molecule has 16 heavy (non-hydrogen) atoms. The fraction of sp³-hybridized carbons (Fsp3) is 0.333. The van der Waals surface area contributed by atoms with E-state index in [9.17, 15) is 19.2 Å². The van der Waals surface area contributed by atoms with E-state index in [0.717, 1.165) is 19.3 Å². The maximum absolute atomic E-state index is 10.9. The van der Waals surface area contributed by atoms with Gasteiger partial charge in [0.05, 0.1) is 7.11 Å². The summed E-state index contributed by atoms with van der Waals surface area (Å²) < 4.78 is 8.60. The van der Waals surface area contributed by atoms with Gasteiger partial charge in [0, 0.05) is 19.2 Å². The molecule has 0 aliphatic heterocycles. The van der Waals surface area contributed by atoms with Crippen LogP contribution in [0.4, 0.5) is 0 Å². The van der Waals surface area contributed by atoms with Gasteiger partial charge < -0.3 is 14.8 Å². The second kappa shape index (κ2) is 7.16. The van der Waals surface area contributed by atoms with E-state index in [-0.39, 0.29) is 0 Å². The number of carbonyl (C=O) groups is 4. The van der Waals surface area contributed by atoms with Crippen molar-refractivity contribution in [1.29, 1.82) is 0 Å². The Hall–Kier alpha value is -2.18. The molecule has 0 aromatic heterocycles. The number of nitrogens with one attached hydrogen (secondary N) is 1. The number of methoxy groups -OCH3 is 1. The predicted octanol–water partition coefficient (Wildman–Crippen LogP) is -1.43. The summed E-state index contributed by atoms with van der Waals surface area (Å²) in [5.74, 6) is -3.38. The molecule has 0 aromatic rings. The number of Topliss-reactive ketones (excluding diaryl/α,β-unsaturated/α-hetero) is 1. The van der Waals surface area contributed by atoms with E-state index in [1.165, 1.54) is 7.05 Å². The molecule has 0 fully saturated rings. The number of hydrogen-bond donors (Lipinski definition) is 1. The first-order valence-corrected chi connectivity index (χ1v) is 4.19. The van der Waals surface area contributed by atoms with Crippen molar-refractivity contribution < 1.29 is 28.7 Å². The maximum atomic E-state index is 10.9. The molecule has 0 radical (unpaired) electrons. The third-order valence-corrected chi connectivity index (χ3v) is 1.38. The minimum Gasteiger partial charge on any atom is -0.466 e. The molecule has 0 saturated carbocycles. The molecular formula is C9H11NO6. The van der Waals surface area contributed by atoms with Crippen LogP contribution in [0.3, 0.4) is 0 Å². The van der Waals surface area contributed by atoms with Crippen LogP contribution in [-0.2, 0) is 28.7 Å². The molecule has 7 heteroatoms. The lowest BCUT2D eigenvalue weighted by atomic mass is 10.4. The molecule has 0 heterocycles. The predicted molar refractivity (Wildman–Crippen MR) is 51.2 cm³/mol. The summed E-state index contributed by atoms with van der Waals surface area (Å²) in [5.41, 5.74) is 0. The van der Waals surface area contributed by atoms with Gasteiger partial charge in [-0.15, -0.1) is 0 Å². The van der Waals surface area contributed by atoms with Crippen LogP contribution in [0.2, 0.25) is 0 Å². The molecule has 1 N–H and O–H groups in total. The number of ether oxygens (including phenoxy) is 2. The molecule has 0 aromatic carbocycles. The lowest BCUT2D eigenvalue weighted by Gasteiger charge is -1.99. The molecule has 0 atom stereocenters. The topological polar surface area (TPSA) is 98.8 Å². The van der Waals surface area contributed by atoms with Crippen molar-refractivity contribution in [3.8, 4) is 0 Å². The number of ketones is 1. The molecule has 0 spiro atoms. The molecule has 88 valence electrons. The Morgan fingerprint density at radius 3 is 2.19 bits per heavy atom. The van der Waals surface area contributed by atoms with Crippen LogP contribution in [0.25, 0.3) is 0 Å². The van der Waals surface area contributed by atoms with E-state index in [1.807, 2.05) is 0 Å². The SMILES string of the molecule is CNC(=O)C(=O)COC(=O)/C=C/C(=O)OC. The van der Waals surface area contributed by atoms with Crippen LogP contribution >= 0.6 is 0 Å². The van der Waals surface area contributed by atoms with Gasteiger partial charge in [-0.1, -0.05) is 0 Å². The average molecular weight is 229 g/mol. The van der Waals surface area contributed by atoms with Crippen LogP contribution in [0.5, 0.6) is 0 Å². The Morgan fingerprint density at radius 1 is 1.12 bits per heavy atom. The van der Waals surface area contributed by atoms with Crippen LogP contribution in [0, 0.1) is 0 Å². The van der Waals surface area contributed by atoms with Gasteiger partial charge in [0.1, 0.15) is 0 Å². The van der Waals surface area contributed by atoms with Gasteiger partial charge in [-0.05, 0) is 0 Å². The largest absolute Gasteiger partial charge is 0.466 e. The van der Waals surface area contributed by atoms with Gasteiger partial charge in [-0.2, -0.15) is 0 Å². The highest BCUT2D eigenvalue weighted by Gasteiger charge is 2.13. The minimum absolute atomic E-state index is 0.677. The Bertz CT molecular complexity index is 333. The van der Waals surface area contributed by atoms with E-state index >= 15 is 0 Å². The van der Waals surface area contributed by atoms with Gasteiger partial charge >= 0.3 is 11.9 Å². The molecule has 0 unspecified atom stereocenters. The van der Waals surface area contributed by atoms with Gasteiger partial charge in [-0.25, -0.2) is 9.59 Å². The second-order valence-corrected chi connectivity index (χ2v) is 2.47. The summed E-state index contributed by atoms with van der Waals surface area (Å²) in [5, 5.41) is 2.08. The lowest BCUT2D eigenvalue weighted by Crippen LogP contribution is -2.31. The third-order valence-electron chi connectivity index (χ3n) is 1.38. The Morgan fingerprint density at radius 2 is 1.69 bits per heavy atom. The van der Waals surface area contributed by atoms with Crippen molar-refractivity contribution in [3.05, 3.63) is 12.2 Å². The first-order chi connectivity index (χ1) is 7.51. The summed E-state index contributed by atoms with van der Waals surface area (Å²) in [6.07, 6.45) is 1.63. The summed E-state index contributed by atoms with van der Waals surface area (Å²) in [7, 11) is 2.42. The van der Waals surface area contributed by atoms with Crippen LogP contribution in [0.15, 0.2) is 12.2 Å². The first kappa shape index (κ1) is 13.8. The van der Waals surface area contributed by atoms with Crippen molar-refractivity contribution in [2.75, 3.05) is 20.8 Å². The normalized spacial score (nSPS) is 9.62. The molecule has 0 aliphatic carbocycles. The summed E-state index contributed by atoms with van der Waals surface area (Å²) in [4.78, 5) is 43.0. The highest BCUT2D eigenvalue weighted by Crippen LogP contribution is 1.85. The van der Waals surface area contributed by atoms with Crippen molar-refractivity contribution >= 4 is 23.6 Å². The van der Waals surface area contributed by atoms with E-state index in [2.05, 4.69) is 14.8 Å². The second-order valence-electron chi connectivity index (χ2n) is 2.47. The summed E-state index contributed by atoms with van der Waals surface area (Å²) in [6.45, 7) is -0.677. The Labute approximate surface area is 91.4 Å². The van der Waals surface area contributed by atoms with Crippen LogP contribution in [0.1, 0.15) is 0 Å². The van der Waals surface area contributed by atoms with E-state index in [4.69, 9.17) is 0 Å². The zero-order valence-corrected chi connectivity index (χ0v) is 8.81. The highest BCUT2D eigenvalue weighted by atomic mass is 16.5. The fourth-order valence-electron chi connectivity index (χ4n) is 0.594. The van der Waals surface area contributed by atoms with Crippen molar-refractivity contribution in [1.82, 2.24) is 5.32 Å². The Kier molecular flexibility index (Phi) is 6.18. The zero-order chi connectivity index (χ0) is 12.6. The molecular weight excluding hydrogens is 218 g/mol. The van der Waals surface area contributed by atoms with E-state index < -0.39 is 30.2 Å². The number of hydrogen-bond acceptors (Lipinski definition) is 6. The summed E-state index contributed by atoms with van der Waals surface area (Å²) in [6, 6.07) is 0.